The van der Waals surface area contributed by atoms with Gasteiger partial charge >= 0.3 is 0 Å². The SMILES string of the molecule is CC(Oc1cccc(Cl)c1)C(=O)Nc1ccc(Cl)nn1. The van der Waals surface area contributed by atoms with E-state index in [2.05, 4.69) is 15.5 Å². The molecule has 1 atom stereocenters. The highest BCUT2D eigenvalue weighted by Crippen LogP contribution is 2.18. The van der Waals surface area contributed by atoms with Crippen molar-refractivity contribution in [2.75, 3.05) is 5.32 Å². The second kappa shape index (κ2) is 6.54. The molecule has 0 aliphatic rings. The summed E-state index contributed by atoms with van der Waals surface area (Å²) in [7, 11) is 0. The van der Waals surface area contributed by atoms with Crippen molar-refractivity contribution in [2.24, 2.45) is 0 Å². The number of halogens is 2. The van der Waals surface area contributed by atoms with Crippen LogP contribution in [0.15, 0.2) is 36.4 Å². The Kier molecular flexibility index (Phi) is 4.76. The Bertz CT molecular complexity index is 605. The van der Waals surface area contributed by atoms with Gasteiger partial charge < -0.3 is 10.1 Å². The minimum Gasteiger partial charge on any atom is -0.481 e. The second-order valence-electron chi connectivity index (χ2n) is 3.95. The molecule has 0 saturated heterocycles. The fraction of sp³-hybridized carbons (Fsp3) is 0.154. The number of anilines is 1. The summed E-state index contributed by atoms with van der Waals surface area (Å²) >= 11 is 11.5. The largest absolute Gasteiger partial charge is 0.481 e. The minimum absolute atomic E-state index is 0.256. The van der Waals surface area contributed by atoms with Crippen molar-refractivity contribution in [3.05, 3.63) is 46.6 Å². The predicted molar refractivity (Wildman–Crippen MR) is 77.2 cm³/mol. The van der Waals surface area contributed by atoms with Crippen molar-refractivity contribution in [1.29, 1.82) is 0 Å². The quantitative estimate of drug-likeness (QED) is 0.941. The van der Waals surface area contributed by atoms with Crippen LogP contribution in [-0.2, 0) is 4.79 Å². The van der Waals surface area contributed by atoms with Crippen LogP contribution in [0.3, 0.4) is 0 Å². The van der Waals surface area contributed by atoms with Gasteiger partial charge in [-0.05, 0) is 37.3 Å². The number of carbonyl (C=O) groups is 1. The van der Waals surface area contributed by atoms with Gasteiger partial charge in [0.1, 0.15) is 5.75 Å². The summed E-state index contributed by atoms with van der Waals surface area (Å²) in [6, 6.07) is 9.91. The molecule has 0 radical (unpaired) electrons. The maximum atomic E-state index is 11.9. The number of benzene rings is 1. The minimum atomic E-state index is -0.703. The van der Waals surface area contributed by atoms with Gasteiger partial charge in [0.2, 0.25) is 0 Å². The number of carbonyl (C=O) groups excluding carboxylic acids is 1. The standard InChI is InChI=1S/C13H11Cl2N3O2/c1-8(20-10-4-2-3-9(14)7-10)13(19)16-12-6-5-11(15)17-18-12/h2-8H,1H3,(H,16,18,19). The Morgan fingerprint density at radius 3 is 2.70 bits per heavy atom. The van der Waals surface area contributed by atoms with Gasteiger partial charge in [0, 0.05) is 5.02 Å². The Labute approximate surface area is 125 Å². The average molecular weight is 312 g/mol. The van der Waals surface area contributed by atoms with E-state index in [1.807, 2.05) is 0 Å². The molecule has 2 rings (SSSR count). The third-order valence-corrected chi connectivity index (χ3v) is 2.80. The molecule has 1 amide bonds. The molecule has 0 spiro atoms. The lowest BCUT2D eigenvalue weighted by Gasteiger charge is -2.14. The fourth-order valence-electron chi connectivity index (χ4n) is 1.41. The Balaban J connectivity index is 1.96. The van der Waals surface area contributed by atoms with E-state index in [4.69, 9.17) is 27.9 Å². The second-order valence-corrected chi connectivity index (χ2v) is 4.77. The molecule has 0 aliphatic carbocycles. The van der Waals surface area contributed by atoms with Crippen LogP contribution in [0.25, 0.3) is 0 Å². The van der Waals surface area contributed by atoms with E-state index >= 15 is 0 Å². The van der Waals surface area contributed by atoms with Crippen LogP contribution in [0.4, 0.5) is 5.82 Å². The van der Waals surface area contributed by atoms with Gasteiger partial charge in [-0.1, -0.05) is 29.3 Å². The van der Waals surface area contributed by atoms with Crippen LogP contribution in [-0.4, -0.2) is 22.2 Å². The first kappa shape index (κ1) is 14.6. The number of amides is 1. The highest BCUT2D eigenvalue weighted by Gasteiger charge is 2.15. The van der Waals surface area contributed by atoms with Crippen LogP contribution in [0.1, 0.15) is 6.92 Å². The lowest BCUT2D eigenvalue weighted by atomic mass is 10.3. The molecule has 20 heavy (non-hydrogen) atoms. The first-order chi connectivity index (χ1) is 9.54. The van der Waals surface area contributed by atoms with Crippen molar-refractivity contribution in [2.45, 2.75) is 13.0 Å². The maximum absolute atomic E-state index is 11.9. The van der Waals surface area contributed by atoms with Crippen LogP contribution >= 0.6 is 23.2 Å². The monoisotopic (exact) mass is 311 g/mol. The molecule has 2 aromatic rings. The molecule has 1 aromatic heterocycles. The Morgan fingerprint density at radius 2 is 2.05 bits per heavy atom. The van der Waals surface area contributed by atoms with Gasteiger partial charge in [-0.2, -0.15) is 0 Å². The first-order valence-corrected chi connectivity index (χ1v) is 6.52. The number of nitrogens with zero attached hydrogens (tertiary/aromatic N) is 2. The van der Waals surface area contributed by atoms with Gasteiger partial charge in [0.05, 0.1) is 0 Å². The smallest absolute Gasteiger partial charge is 0.266 e. The topological polar surface area (TPSA) is 64.1 Å². The molecule has 1 heterocycles. The van der Waals surface area contributed by atoms with E-state index < -0.39 is 6.10 Å². The molecular weight excluding hydrogens is 301 g/mol. The Hall–Kier alpha value is -1.85. The van der Waals surface area contributed by atoms with E-state index in [9.17, 15) is 4.79 Å². The number of nitrogens with one attached hydrogen (secondary N) is 1. The van der Waals surface area contributed by atoms with Crippen molar-refractivity contribution in [3.8, 4) is 5.75 Å². The van der Waals surface area contributed by atoms with Gasteiger partial charge in [-0.25, -0.2) is 0 Å². The third-order valence-electron chi connectivity index (χ3n) is 2.36. The van der Waals surface area contributed by atoms with Gasteiger partial charge in [-0.3, -0.25) is 4.79 Å². The van der Waals surface area contributed by atoms with Crippen molar-refractivity contribution < 1.29 is 9.53 Å². The van der Waals surface area contributed by atoms with Crippen molar-refractivity contribution in [1.82, 2.24) is 10.2 Å². The fourth-order valence-corrected chi connectivity index (χ4v) is 1.69. The third kappa shape index (κ3) is 4.08. The lowest BCUT2D eigenvalue weighted by molar-refractivity contribution is -0.122. The zero-order valence-corrected chi connectivity index (χ0v) is 12.0. The first-order valence-electron chi connectivity index (χ1n) is 5.77. The van der Waals surface area contributed by atoms with Crippen LogP contribution < -0.4 is 10.1 Å². The summed E-state index contributed by atoms with van der Waals surface area (Å²) in [4.78, 5) is 11.9. The van der Waals surface area contributed by atoms with E-state index in [-0.39, 0.29) is 11.1 Å². The van der Waals surface area contributed by atoms with Crippen LogP contribution in [0.5, 0.6) is 5.75 Å². The number of rotatable bonds is 4. The molecule has 0 fully saturated rings. The average Bonchev–Trinajstić information content (AvgIpc) is 2.41. The molecule has 104 valence electrons. The zero-order valence-electron chi connectivity index (χ0n) is 10.5. The van der Waals surface area contributed by atoms with Crippen molar-refractivity contribution >= 4 is 34.9 Å². The highest BCUT2D eigenvalue weighted by atomic mass is 35.5. The summed E-state index contributed by atoms with van der Waals surface area (Å²) in [6.07, 6.45) is -0.703. The van der Waals surface area contributed by atoms with Crippen LogP contribution in [0.2, 0.25) is 10.2 Å². The summed E-state index contributed by atoms with van der Waals surface area (Å²) in [5.41, 5.74) is 0. The molecule has 5 nitrogen and oxygen atoms in total. The molecule has 1 unspecified atom stereocenters. The molecule has 1 aromatic carbocycles. The number of ether oxygens (including phenoxy) is 1. The molecule has 1 N–H and O–H groups in total. The molecule has 0 saturated carbocycles. The summed E-state index contributed by atoms with van der Waals surface area (Å²) in [5, 5.41) is 10.7. The van der Waals surface area contributed by atoms with E-state index in [1.165, 1.54) is 6.07 Å². The van der Waals surface area contributed by atoms with E-state index in [1.54, 1.807) is 37.3 Å². The molecule has 0 aliphatic heterocycles. The Morgan fingerprint density at radius 1 is 1.25 bits per heavy atom. The zero-order chi connectivity index (χ0) is 14.5. The number of hydrogen-bond donors (Lipinski definition) is 1. The predicted octanol–water partition coefficient (Wildman–Crippen LogP) is 3.19. The van der Waals surface area contributed by atoms with Gasteiger partial charge in [0.15, 0.2) is 17.1 Å². The normalized spacial score (nSPS) is 11.8. The molecular formula is C13H11Cl2N3O2. The highest BCUT2D eigenvalue weighted by molar-refractivity contribution is 6.30. The van der Waals surface area contributed by atoms with Gasteiger partial charge in [0.25, 0.3) is 5.91 Å². The molecule has 7 heteroatoms. The van der Waals surface area contributed by atoms with E-state index in [0.717, 1.165) is 0 Å². The number of aromatic nitrogens is 2. The maximum Gasteiger partial charge on any atom is 0.266 e. The number of hydrogen-bond acceptors (Lipinski definition) is 4. The summed E-state index contributed by atoms with van der Waals surface area (Å²) < 4.78 is 5.48. The summed E-state index contributed by atoms with van der Waals surface area (Å²) in [6.45, 7) is 1.62. The van der Waals surface area contributed by atoms with Gasteiger partial charge in [-0.15, -0.1) is 10.2 Å². The van der Waals surface area contributed by atoms with Crippen molar-refractivity contribution in [3.63, 3.8) is 0 Å². The van der Waals surface area contributed by atoms with Crippen LogP contribution in [0, 0.1) is 0 Å². The summed E-state index contributed by atoms with van der Waals surface area (Å²) in [5.74, 6) is 0.477. The van der Waals surface area contributed by atoms with E-state index in [0.29, 0.717) is 16.6 Å². The lowest BCUT2D eigenvalue weighted by Crippen LogP contribution is -2.30. The molecule has 0 bridgehead atoms.